The second-order valence-corrected chi connectivity index (χ2v) is 8.48. The predicted octanol–water partition coefficient (Wildman–Crippen LogP) is 4.44. The SMILES string of the molecule is CC(N)C1CCN(C(=O)c2ccc(-c3ccc(C(C)(C)C)cc3)o2)CC1. The number of piperidine rings is 1. The highest BCUT2D eigenvalue weighted by Crippen LogP contribution is 2.28. The van der Waals surface area contributed by atoms with Crippen LogP contribution in [-0.2, 0) is 5.41 Å². The molecule has 1 fully saturated rings. The van der Waals surface area contributed by atoms with Gasteiger partial charge in [0.1, 0.15) is 5.76 Å². The van der Waals surface area contributed by atoms with Crippen molar-refractivity contribution in [2.24, 2.45) is 11.7 Å². The Hall–Kier alpha value is -2.07. The molecule has 1 amide bonds. The second-order valence-electron chi connectivity index (χ2n) is 8.48. The molecule has 1 aliphatic rings. The molecule has 4 nitrogen and oxygen atoms in total. The standard InChI is InChI=1S/C22H30N2O2/c1-15(23)16-11-13-24(14-12-16)21(25)20-10-9-19(26-20)17-5-7-18(8-6-17)22(2,3)4/h5-10,15-16H,11-14,23H2,1-4H3. The van der Waals surface area contributed by atoms with Crippen LogP contribution in [0.1, 0.15) is 56.7 Å². The highest BCUT2D eigenvalue weighted by molar-refractivity contribution is 5.92. The highest BCUT2D eigenvalue weighted by Gasteiger charge is 2.27. The van der Waals surface area contributed by atoms with E-state index in [1.54, 1.807) is 6.07 Å². The van der Waals surface area contributed by atoms with Crippen molar-refractivity contribution in [2.75, 3.05) is 13.1 Å². The van der Waals surface area contributed by atoms with Gasteiger partial charge in [-0.15, -0.1) is 0 Å². The van der Waals surface area contributed by atoms with Gasteiger partial charge in [-0.3, -0.25) is 4.79 Å². The fourth-order valence-corrected chi connectivity index (χ4v) is 3.53. The van der Waals surface area contributed by atoms with E-state index in [9.17, 15) is 4.79 Å². The summed E-state index contributed by atoms with van der Waals surface area (Å²) in [6.45, 7) is 10.1. The van der Waals surface area contributed by atoms with E-state index in [1.165, 1.54) is 5.56 Å². The van der Waals surface area contributed by atoms with Gasteiger partial charge in [0.25, 0.3) is 5.91 Å². The monoisotopic (exact) mass is 354 g/mol. The van der Waals surface area contributed by atoms with E-state index in [-0.39, 0.29) is 17.4 Å². The van der Waals surface area contributed by atoms with Gasteiger partial charge in [-0.25, -0.2) is 0 Å². The quantitative estimate of drug-likeness (QED) is 0.886. The fourth-order valence-electron chi connectivity index (χ4n) is 3.53. The number of carbonyl (C=O) groups is 1. The number of hydrogen-bond acceptors (Lipinski definition) is 3. The molecular formula is C22H30N2O2. The van der Waals surface area contributed by atoms with Crippen LogP contribution in [0.25, 0.3) is 11.3 Å². The van der Waals surface area contributed by atoms with E-state index in [4.69, 9.17) is 10.2 Å². The molecule has 4 heteroatoms. The molecule has 3 rings (SSSR count). The Morgan fingerprint density at radius 3 is 2.27 bits per heavy atom. The summed E-state index contributed by atoms with van der Waals surface area (Å²) < 4.78 is 5.87. The number of carbonyl (C=O) groups excluding carboxylic acids is 1. The summed E-state index contributed by atoms with van der Waals surface area (Å²) in [7, 11) is 0. The van der Waals surface area contributed by atoms with E-state index in [0.29, 0.717) is 11.7 Å². The zero-order valence-corrected chi connectivity index (χ0v) is 16.3. The molecule has 140 valence electrons. The van der Waals surface area contributed by atoms with Crippen molar-refractivity contribution in [3.8, 4) is 11.3 Å². The third kappa shape index (κ3) is 4.01. The second kappa shape index (κ2) is 7.28. The Labute approximate surface area is 156 Å². The average molecular weight is 354 g/mol. The zero-order valence-electron chi connectivity index (χ0n) is 16.3. The molecular weight excluding hydrogens is 324 g/mol. The lowest BCUT2D eigenvalue weighted by Gasteiger charge is -2.33. The van der Waals surface area contributed by atoms with Crippen LogP contribution in [-0.4, -0.2) is 29.9 Å². The first-order chi connectivity index (χ1) is 12.3. The molecule has 2 aromatic rings. The van der Waals surface area contributed by atoms with Crippen molar-refractivity contribution in [3.05, 3.63) is 47.7 Å². The van der Waals surface area contributed by atoms with Gasteiger partial charge >= 0.3 is 0 Å². The third-order valence-electron chi connectivity index (χ3n) is 5.42. The maximum Gasteiger partial charge on any atom is 0.289 e. The maximum absolute atomic E-state index is 12.7. The van der Waals surface area contributed by atoms with Gasteiger partial charge in [-0.1, -0.05) is 45.0 Å². The van der Waals surface area contributed by atoms with Crippen LogP contribution >= 0.6 is 0 Å². The third-order valence-corrected chi connectivity index (χ3v) is 5.42. The first-order valence-electron chi connectivity index (χ1n) is 9.51. The van der Waals surface area contributed by atoms with Crippen molar-refractivity contribution in [3.63, 3.8) is 0 Å². The van der Waals surface area contributed by atoms with E-state index < -0.39 is 0 Å². The van der Waals surface area contributed by atoms with Crippen LogP contribution in [0.4, 0.5) is 0 Å². The van der Waals surface area contributed by atoms with Crippen LogP contribution in [0, 0.1) is 5.92 Å². The molecule has 0 saturated carbocycles. The van der Waals surface area contributed by atoms with E-state index in [1.807, 2.05) is 17.9 Å². The first-order valence-corrected chi connectivity index (χ1v) is 9.51. The molecule has 1 aliphatic heterocycles. The Kier molecular flexibility index (Phi) is 5.24. The average Bonchev–Trinajstić information content (AvgIpc) is 3.10. The van der Waals surface area contributed by atoms with E-state index in [0.717, 1.165) is 37.3 Å². The number of nitrogens with zero attached hydrogens (tertiary/aromatic N) is 1. The number of benzene rings is 1. The van der Waals surface area contributed by atoms with Crippen LogP contribution in [0.15, 0.2) is 40.8 Å². The zero-order chi connectivity index (χ0) is 18.9. The Bertz CT molecular complexity index is 745. The van der Waals surface area contributed by atoms with Crippen molar-refractivity contribution in [1.82, 2.24) is 4.90 Å². The highest BCUT2D eigenvalue weighted by atomic mass is 16.4. The van der Waals surface area contributed by atoms with Crippen LogP contribution < -0.4 is 5.73 Å². The number of likely N-dealkylation sites (tertiary alicyclic amines) is 1. The Morgan fingerprint density at radius 2 is 1.73 bits per heavy atom. The molecule has 1 atom stereocenters. The smallest absolute Gasteiger partial charge is 0.289 e. The molecule has 2 heterocycles. The number of furan rings is 1. The molecule has 0 bridgehead atoms. The van der Waals surface area contributed by atoms with Crippen LogP contribution in [0.3, 0.4) is 0 Å². The molecule has 0 spiro atoms. The van der Waals surface area contributed by atoms with Gasteiger partial charge in [0.15, 0.2) is 5.76 Å². The minimum atomic E-state index is -0.0225. The Morgan fingerprint density at radius 1 is 1.12 bits per heavy atom. The molecule has 1 unspecified atom stereocenters. The van der Waals surface area contributed by atoms with Crippen molar-refractivity contribution >= 4 is 5.91 Å². The lowest BCUT2D eigenvalue weighted by Crippen LogP contribution is -2.42. The normalized spacial score (nSPS) is 17.3. The van der Waals surface area contributed by atoms with Gasteiger partial charge in [-0.05, 0) is 48.8 Å². The van der Waals surface area contributed by atoms with Crippen LogP contribution in [0.5, 0.6) is 0 Å². The van der Waals surface area contributed by atoms with Gasteiger partial charge < -0.3 is 15.1 Å². The summed E-state index contributed by atoms with van der Waals surface area (Å²) in [5, 5.41) is 0. The molecule has 1 aromatic heterocycles. The molecule has 1 aromatic carbocycles. The number of rotatable bonds is 3. The van der Waals surface area contributed by atoms with Gasteiger partial charge in [0.2, 0.25) is 0 Å². The summed E-state index contributed by atoms with van der Waals surface area (Å²) in [6, 6.07) is 12.2. The minimum absolute atomic E-state index is 0.0225. The summed E-state index contributed by atoms with van der Waals surface area (Å²) in [5.74, 6) is 1.64. The maximum atomic E-state index is 12.7. The number of hydrogen-bond donors (Lipinski definition) is 1. The number of nitrogens with two attached hydrogens (primary N) is 1. The van der Waals surface area contributed by atoms with E-state index >= 15 is 0 Å². The van der Waals surface area contributed by atoms with Crippen molar-refractivity contribution in [2.45, 2.75) is 52.0 Å². The molecule has 2 N–H and O–H groups in total. The lowest BCUT2D eigenvalue weighted by molar-refractivity contribution is 0.0650. The van der Waals surface area contributed by atoms with Crippen molar-refractivity contribution < 1.29 is 9.21 Å². The van der Waals surface area contributed by atoms with Gasteiger partial charge in [0.05, 0.1) is 0 Å². The van der Waals surface area contributed by atoms with Crippen molar-refractivity contribution in [1.29, 1.82) is 0 Å². The molecule has 1 saturated heterocycles. The first kappa shape index (κ1) is 18.7. The summed E-state index contributed by atoms with van der Waals surface area (Å²) in [5.41, 5.74) is 8.38. The summed E-state index contributed by atoms with van der Waals surface area (Å²) >= 11 is 0. The topological polar surface area (TPSA) is 59.5 Å². The lowest BCUT2D eigenvalue weighted by atomic mass is 9.86. The summed E-state index contributed by atoms with van der Waals surface area (Å²) in [6.07, 6.45) is 1.93. The van der Waals surface area contributed by atoms with E-state index in [2.05, 4.69) is 45.0 Å². The fraction of sp³-hybridized carbons (Fsp3) is 0.500. The van der Waals surface area contributed by atoms with Gasteiger partial charge in [-0.2, -0.15) is 0 Å². The summed E-state index contributed by atoms with van der Waals surface area (Å²) in [4.78, 5) is 14.6. The van der Waals surface area contributed by atoms with Gasteiger partial charge in [0, 0.05) is 24.7 Å². The Balaban J connectivity index is 1.69. The number of amides is 1. The molecule has 0 aliphatic carbocycles. The molecule has 0 radical (unpaired) electrons. The molecule has 26 heavy (non-hydrogen) atoms. The predicted molar refractivity (Wildman–Crippen MR) is 105 cm³/mol. The van der Waals surface area contributed by atoms with Crippen LogP contribution in [0.2, 0.25) is 0 Å². The minimum Gasteiger partial charge on any atom is -0.451 e. The largest absolute Gasteiger partial charge is 0.451 e.